The van der Waals surface area contributed by atoms with Gasteiger partial charge in [-0.1, -0.05) is 23.7 Å². The molecule has 2 atom stereocenters. The van der Waals surface area contributed by atoms with Crippen molar-refractivity contribution in [2.24, 2.45) is 0 Å². The predicted molar refractivity (Wildman–Crippen MR) is 71.9 cm³/mol. The second-order valence-corrected chi connectivity index (χ2v) is 5.62. The van der Waals surface area contributed by atoms with Crippen LogP contribution in [-0.2, 0) is 9.53 Å². The van der Waals surface area contributed by atoms with E-state index in [9.17, 15) is 9.18 Å². The van der Waals surface area contributed by atoms with E-state index in [1.807, 2.05) is 12.1 Å². The number of carbonyl (C=O) groups excluding carboxylic acids is 1. The van der Waals surface area contributed by atoms with Crippen LogP contribution in [0.1, 0.15) is 31.9 Å². The summed E-state index contributed by atoms with van der Waals surface area (Å²) in [5.41, 5.74) is -0.948. The number of hydrogen-bond acceptors (Lipinski definition) is 2. The number of ether oxygens (including phenoxy) is 1. The van der Waals surface area contributed by atoms with E-state index in [0.29, 0.717) is 18.1 Å². The van der Waals surface area contributed by atoms with E-state index in [-0.39, 0.29) is 12.1 Å². The standard InChI is InChI=1S/C14H17ClFNO2/c1-14(2,16)13(18)17-11-7-8-19-12(11)9-3-5-10(15)6-4-9/h3-6,11-12H,7-8H2,1-2H3,(H,17,18)/t11-,12-/m1/s1. The summed E-state index contributed by atoms with van der Waals surface area (Å²) in [7, 11) is 0. The van der Waals surface area contributed by atoms with Gasteiger partial charge in [-0.3, -0.25) is 4.79 Å². The van der Waals surface area contributed by atoms with E-state index >= 15 is 0 Å². The van der Waals surface area contributed by atoms with Crippen LogP contribution in [0.15, 0.2) is 24.3 Å². The number of nitrogens with one attached hydrogen (secondary N) is 1. The molecule has 1 heterocycles. The van der Waals surface area contributed by atoms with E-state index < -0.39 is 11.6 Å². The molecule has 1 aromatic carbocycles. The first-order valence-electron chi connectivity index (χ1n) is 6.25. The van der Waals surface area contributed by atoms with Gasteiger partial charge < -0.3 is 10.1 Å². The van der Waals surface area contributed by atoms with Crippen LogP contribution < -0.4 is 5.32 Å². The Kier molecular flexibility index (Phi) is 4.11. The Morgan fingerprint density at radius 2 is 2.05 bits per heavy atom. The third-order valence-corrected chi connectivity index (χ3v) is 3.40. The molecule has 0 unspecified atom stereocenters. The summed E-state index contributed by atoms with van der Waals surface area (Å²) >= 11 is 5.84. The van der Waals surface area contributed by atoms with Crippen molar-refractivity contribution in [3.8, 4) is 0 Å². The van der Waals surface area contributed by atoms with Gasteiger partial charge in [0.2, 0.25) is 0 Å². The SMILES string of the molecule is CC(C)(F)C(=O)N[C@@H]1CCO[C@@H]1c1ccc(Cl)cc1. The van der Waals surface area contributed by atoms with Crippen LogP contribution in [0.2, 0.25) is 5.02 Å². The normalized spacial score (nSPS) is 23.4. The van der Waals surface area contributed by atoms with Gasteiger partial charge in [-0.05, 0) is 38.0 Å². The Balaban J connectivity index is 2.09. The van der Waals surface area contributed by atoms with Crippen molar-refractivity contribution in [2.75, 3.05) is 6.61 Å². The molecule has 1 aromatic rings. The van der Waals surface area contributed by atoms with E-state index in [1.165, 1.54) is 13.8 Å². The van der Waals surface area contributed by atoms with Gasteiger partial charge in [-0.15, -0.1) is 0 Å². The van der Waals surface area contributed by atoms with Crippen molar-refractivity contribution in [1.82, 2.24) is 5.32 Å². The Bertz CT molecular complexity index is 456. The van der Waals surface area contributed by atoms with Crippen LogP contribution in [0.25, 0.3) is 0 Å². The number of amides is 1. The number of carbonyl (C=O) groups is 1. The molecule has 0 saturated carbocycles. The van der Waals surface area contributed by atoms with Gasteiger partial charge in [0.05, 0.1) is 6.04 Å². The highest BCUT2D eigenvalue weighted by atomic mass is 35.5. The molecule has 1 N–H and O–H groups in total. The first-order chi connectivity index (χ1) is 8.88. The minimum Gasteiger partial charge on any atom is -0.371 e. The van der Waals surface area contributed by atoms with Crippen molar-refractivity contribution < 1.29 is 13.9 Å². The second-order valence-electron chi connectivity index (χ2n) is 5.18. The zero-order valence-corrected chi connectivity index (χ0v) is 11.7. The molecule has 5 heteroatoms. The monoisotopic (exact) mass is 285 g/mol. The molecule has 3 nitrogen and oxygen atoms in total. The van der Waals surface area contributed by atoms with Crippen molar-refractivity contribution in [3.05, 3.63) is 34.9 Å². The van der Waals surface area contributed by atoms with Crippen molar-refractivity contribution in [2.45, 2.75) is 38.1 Å². The fourth-order valence-electron chi connectivity index (χ4n) is 2.06. The molecule has 1 aliphatic heterocycles. The molecule has 0 spiro atoms. The fourth-order valence-corrected chi connectivity index (χ4v) is 2.18. The Labute approximate surface area is 117 Å². The molecular weight excluding hydrogens is 269 g/mol. The number of benzene rings is 1. The molecule has 1 amide bonds. The third kappa shape index (κ3) is 3.45. The highest BCUT2D eigenvalue weighted by Crippen LogP contribution is 2.30. The van der Waals surface area contributed by atoms with Crippen LogP contribution in [0.5, 0.6) is 0 Å². The molecule has 0 aromatic heterocycles. The lowest BCUT2D eigenvalue weighted by atomic mass is 10.0. The second kappa shape index (κ2) is 5.47. The minimum atomic E-state index is -1.88. The lowest BCUT2D eigenvalue weighted by Gasteiger charge is -2.23. The maximum atomic E-state index is 13.5. The largest absolute Gasteiger partial charge is 0.371 e. The molecule has 1 fully saturated rings. The lowest BCUT2D eigenvalue weighted by Crippen LogP contribution is -2.45. The Morgan fingerprint density at radius 1 is 1.42 bits per heavy atom. The topological polar surface area (TPSA) is 38.3 Å². The molecule has 0 aliphatic carbocycles. The zero-order valence-electron chi connectivity index (χ0n) is 11.0. The molecule has 0 bridgehead atoms. The van der Waals surface area contributed by atoms with Gasteiger partial charge in [-0.2, -0.15) is 0 Å². The van der Waals surface area contributed by atoms with Crippen molar-refractivity contribution in [1.29, 1.82) is 0 Å². The molecule has 19 heavy (non-hydrogen) atoms. The van der Waals surface area contributed by atoms with E-state index in [0.717, 1.165) is 5.56 Å². The molecule has 1 aliphatic rings. The molecule has 0 radical (unpaired) electrons. The average molecular weight is 286 g/mol. The number of halogens is 2. The predicted octanol–water partition coefficient (Wildman–Crippen LogP) is 3.03. The van der Waals surface area contributed by atoms with Gasteiger partial charge in [0.15, 0.2) is 5.67 Å². The molecule has 1 saturated heterocycles. The summed E-state index contributed by atoms with van der Waals surface area (Å²) in [6, 6.07) is 7.06. The summed E-state index contributed by atoms with van der Waals surface area (Å²) < 4.78 is 19.2. The average Bonchev–Trinajstić information content (AvgIpc) is 2.77. The summed E-state index contributed by atoms with van der Waals surface area (Å²) in [5.74, 6) is -0.609. The zero-order chi connectivity index (χ0) is 14.0. The van der Waals surface area contributed by atoms with Crippen LogP contribution in [0.4, 0.5) is 4.39 Å². The van der Waals surface area contributed by atoms with Crippen molar-refractivity contribution >= 4 is 17.5 Å². The van der Waals surface area contributed by atoms with Gasteiger partial charge in [-0.25, -0.2) is 4.39 Å². The summed E-state index contributed by atoms with van der Waals surface area (Å²) in [5, 5.41) is 3.36. The first-order valence-corrected chi connectivity index (χ1v) is 6.62. The summed E-state index contributed by atoms with van der Waals surface area (Å²) in [6.07, 6.45) is 0.429. The smallest absolute Gasteiger partial charge is 0.257 e. The van der Waals surface area contributed by atoms with E-state index in [4.69, 9.17) is 16.3 Å². The van der Waals surface area contributed by atoms with Crippen LogP contribution >= 0.6 is 11.6 Å². The lowest BCUT2D eigenvalue weighted by molar-refractivity contribution is -0.132. The highest BCUT2D eigenvalue weighted by molar-refractivity contribution is 6.30. The first kappa shape index (κ1) is 14.3. The number of hydrogen-bond donors (Lipinski definition) is 1. The van der Waals surface area contributed by atoms with Gasteiger partial charge in [0, 0.05) is 11.6 Å². The van der Waals surface area contributed by atoms with Gasteiger partial charge in [0.25, 0.3) is 5.91 Å². The maximum absolute atomic E-state index is 13.5. The van der Waals surface area contributed by atoms with Gasteiger partial charge >= 0.3 is 0 Å². The van der Waals surface area contributed by atoms with Gasteiger partial charge in [0.1, 0.15) is 6.10 Å². The molecule has 104 valence electrons. The summed E-state index contributed by atoms with van der Waals surface area (Å²) in [6.45, 7) is 3.04. The Morgan fingerprint density at radius 3 is 2.63 bits per heavy atom. The minimum absolute atomic E-state index is 0.205. The van der Waals surface area contributed by atoms with Crippen molar-refractivity contribution in [3.63, 3.8) is 0 Å². The van der Waals surface area contributed by atoms with Crippen LogP contribution in [0, 0.1) is 0 Å². The maximum Gasteiger partial charge on any atom is 0.257 e. The van der Waals surface area contributed by atoms with Crippen LogP contribution in [-0.4, -0.2) is 24.2 Å². The number of alkyl halides is 1. The third-order valence-electron chi connectivity index (χ3n) is 3.15. The van der Waals surface area contributed by atoms with Crippen LogP contribution in [0.3, 0.4) is 0 Å². The van der Waals surface area contributed by atoms with E-state index in [1.54, 1.807) is 12.1 Å². The highest BCUT2D eigenvalue weighted by Gasteiger charge is 2.35. The Hall–Kier alpha value is -1.13. The number of rotatable bonds is 3. The van der Waals surface area contributed by atoms with E-state index in [2.05, 4.69) is 5.32 Å². The quantitative estimate of drug-likeness (QED) is 0.927. The summed E-state index contributed by atoms with van der Waals surface area (Å²) in [4.78, 5) is 11.7. The fraction of sp³-hybridized carbons (Fsp3) is 0.500. The molecular formula is C14H17ClFNO2. The molecule has 2 rings (SSSR count).